The van der Waals surface area contributed by atoms with E-state index in [4.69, 9.17) is 4.74 Å². The Labute approximate surface area is 113 Å². The van der Waals surface area contributed by atoms with Crippen molar-refractivity contribution in [2.24, 2.45) is 17.8 Å². The highest BCUT2D eigenvalue weighted by atomic mass is 16.6. The number of carboxylic acid groups (broad SMARTS) is 1. The summed E-state index contributed by atoms with van der Waals surface area (Å²) in [7, 11) is 0. The van der Waals surface area contributed by atoms with E-state index in [0.29, 0.717) is 24.2 Å². The number of nitrogens with one attached hydrogen (secondary N) is 1. The van der Waals surface area contributed by atoms with E-state index in [-0.39, 0.29) is 0 Å². The van der Waals surface area contributed by atoms with Gasteiger partial charge in [-0.25, -0.2) is 9.59 Å². The minimum absolute atomic E-state index is 0.477. The smallest absolute Gasteiger partial charge is 0.408 e. The Morgan fingerprint density at radius 1 is 1.32 bits per heavy atom. The highest BCUT2D eigenvalue weighted by Gasteiger charge is 2.53. The largest absolute Gasteiger partial charge is 0.480 e. The molecule has 0 saturated heterocycles. The molecule has 2 fully saturated rings. The molecule has 0 heterocycles. The number of alkyl carbamates (subject to hydrolysis) is 1. The molecule has 0 aromatic carbocycles. The van der Waals surface area contributed by atoms with Crippen molar-refractivity contribution in [1.29, 1.82) is 0 Å². The van der Waals surface area contributed by atoms with Crippen molar-refractivity contribution in [3.63, 3.8) is 0 Å². The molecule has 108 valence electrons. The summed E-state index contributed by atoms with van der Waals surface area (Å²) in [6.45, 7) is 5.27. The van der Waals surface area contributed by atoms with Crippen LogP contribution in [-0.2, 0) is 9.53 Å². The van der Waals surface area contributed by atoms with Crippen LogP contribution < -0.4 is 5.32 Å². The van der Waals surface area contributed by atoms with Crippen molar-refractivity contribution in [1.82, 2.24) is 5.32 Å². The molecular weight excluding hydrogens is 246 g/mol. The Balaban J connectivity index is 1.83. The Morgan fingerprint density at radius 2 is 1.89 bits per heavy atom. The second-order valence-electron chi connectivity index (χ2n) is 6.70. The van der Waals surface area contributed by atoms with E-state index in [1.807, 2.05) is 0 Å². The summed E-state index contributed by atoms with van der Waals surface area (Å²) in [5, 5.41) is 11.7. The number of carbonyl (C=O) groups excluding carboxylic acids is 1. The summed E-state index contributed by atoms with van der Waals surface area (Å²) in [4.78, 5) is 22.8. The maximum absolute atomic E-state index is 11.6. The van der Waals surface area contributed by atoms with Gasteiger partial charge in [-0.2, -0.15) is 0 Å². The fraction of sp³-hybridized carbons (Fsp3) is 0.857. The molecule has 2 saturated carbocycles. The first-order chi connectivity index (χ1) is 8.78. The quantitative estimate of drug-likeness (QED) is 0.821. The van der Waals surface area contributed by atoms with Gasteiger partial charge in [-0.05, 0) is 57.8 Å². The minimum atomic E-state index is -0.976. The van der Waals surface area contributed by atoms with Crippen molar-refractivity contribution >= 4 is 12.1 Å². The van der Waals surface area contributed by atoms with E-state index >= 15 is 0 Å². The third-order valence-corrected chi connectivity index (χ3v) is 4.08. The topological polar surface area (TPSA) is 75.6 Å². The van der Waals surface area contributed by atoms with E-state index < -0.39 is 23.7 Å². The third kappa shape index (κ3) is 3.61. The van der Waals surface area contributed by atoms with Crippen LogP contribution in [0.4, 0.5) is 4.79 Å². The lowest BCUT2D eigenvalue weighted by atomic mass is 10.0. The molecule has 1 amide bonds. The van der Waals surface area contributed by atoms with Crippen LogP contribution in [0.5, 0.6) is 0 Å². The van der Waals surface area contributed by atoms with Gasteiger partial charge in [0.05, 0.1) is 0 Å². The molecule has 2 aliphatic carbocycles. The average Bonchev–Trinajstić information content (AvgIpc) is 2.70. The zero-order valence-electron chi connectivity index (χ0n) is 11.8. The molecule has 2 N–H and O–H groups in total. The van der Waals surface area contributed by atoms with Gasteiger partial charge < -0.3 is 15.2 Å². The molecule has 5 nitrogen and oxygen atoms in total. The van der Waals surface area contributed by atoms with Crippen LogP contribution in [0.15, 0.2) is 0 Å². The number of hydrogen-bond acceptors (Lipinski definition) is 3. The van der Waals surface area contributed by atoms with Gasteiger partial charge in [0.2, 0.25) is 0 Å². The monoisotopic (exact) mass is 269 g/mol. The van der Waals surface area contributed by atoms with Gasteiger partial charge in [-0.3, -0.25) is 0 Å². The number of rotatable bonds is 4. The number of aliphatic carboxylic acids is 1. The first kappa shape index (κ1) is 14.2. The molecule has 2 unspecified atom stereocenters. The predicted octanol–water partition coefficient (Wildman–Crippen LogP) is 2.40. The fourth-order valence-electron chi connectivity index (χ4n) is 3.26. The number of ether oxygens (including phenoxy) is 1. The first-order valence-electron chi connectivity index (χ1n) is 7.00. The maximum atomic E-state index is 11.6. The molecule has 3 atom stereocenters. The van der Waals surface area contributed by atoms with Gasteiger partial charge >= 0.3 is 12.1 Å². The van der Waals surface area contributed by atoms with E-state index in [1.54, 1.807) is 20.8 Å². The lowest BCUT2D eigenvalue weighted by Gasteiger charge is -2.22. The summed E-state index contributed by atoms with van der Waals surface area (Å²) >= 11 is 0. The van der Waals surface area contributed by atoms with Crippen LogP contribution in [0.2, 0.25) is 0 Å². The highest BCUT2D eigenvalue weighted by Crippen LogP contribution is 2.59. The van der Waals surface area contributed by atoms with Gasteiger partial charge in [-0.1, -0.05) is 6.42 Å². The summed E-state index contributed by atoms with van der Waals surface area (Å²) in [5.74, 6) is 0.894. The van der Waals surface area contributed by atoms with E-state index in [1.165, 1.54) is 19.3 Å². The molecule has 0 aromatic heterocycles. The van der Waals surface area contributed by atoms with Crippen LogP contribution in [0.3, 0.4) is 0 Å². The molecule has 19 heavy (non-hydrogen) atoms. The zero-order chi connectivity index (χ0) is 14.2. The van der Waals surface area contributed by atoms with Gasteiger partial charge in [0, 0.05) is 0 Å². The molecule has 2 aliphatic rings. The SMILES string of the molecule is CC(C)(C)OC(=O)N[C@@H](CC1C2CCCC21)C(=O)O. The van der Waals surface area contributed by atoms with Crippen LogP contribution in [0.1, 0.15) is 46.5 Å². The lowest BCUT2D eigenvalue weighted by molar-refractivity contribution is -0.139. The van der Waals surface area contributed by atoms with Crippen molar-refractivity contribution in [2.45, 2.75) is 58.1 Å². The van der Waals surface area contributed by atoms with Crippen LogP contribution in [0.25, 0.3) is 0 Å². The molecule has 0 aliphatic heterocycles. The Hall–Kier alpha value is -1.26. The minimum Gasteiger partial charge on any atom is -0.480 e. The molecule has 0 bridgehead atoms. The zero-order valence-corrected chi connectivity index (χ0v) is 11.8. The second kappa shape index (κ2) is 5.02. The van der Waals surface area contributed by atoms with Crippen molar-refractivity contribution in [2.75, 3.05) is 0 Å². The summed E-state index contributed by atoms with van der Waals surface area (Å²) in [6.07, 6.45) is 3.58. The molecule has 2 rings (SSSR count). The van der Waals surface area contributed by atoms with E-state index in [9.17, 15) is 14.7 Å². The van der Waals surface area contributed by atoms with Crippen molar-refractivity contribution in [3.8, 4) is 0 Å². The second-order valence-corrected chi connectivity index (χ2v) is 6.70. The predicted molar refractivity (Wildman–Crippen MR) is 69.7 cm³/mol. The fourth-order valence-corrected chi connectivity index (χ4v) is 3.26. The first-order valence-corrected chi connectivity index (χ1v) is 7.00. The van der Waals surface area contributed by atoms with Gasteiger partial charge in [0.1, 0.15) is 11.6 Å². The molecule has 0 spiro atoms. The number of carbonyl (C=O) groups is 2. The third-order valence-electron chi connectivity index (χ3n) is 4.08. The van der Waals surface area contributed by atoms with Crippen LogP contribution in [0, 0.1) is 17.8 Å². The number of carboxylic acids is 1. The molecule has 0 radical (unpaired) electrons. The van der Waals surface area contributed by atoms with Crippen molar-refractivity contribution in [3.05, 3.63) is 0 Å². The molecule has 0 aromatic rings. The summed E-state index contributed by atoms with van der Waals surface area (Å²) in [5.41, 5.74) is -0.608. The highest BCUT2D eigenvalue weighted by molar-refractivity contribution is 5.80. The lowest BCUT2D eigenvalue weighted by Crippen LogP contribution is -2.43. The number of amides is 1. The Morgan fingerprint density at radius 3 is 2.37 bits per heavy atom. The van der Waals surface area contributed by atoms with Crippen molar-refractivity contribution < 1.29 is 19.4 Å². The summed E-state index contributed by atoms with van der Waals surface area (Å²) in [6, 6.07) is -0.828. The van der Waals surface area contributed by atoms with Crippen LogP contribution >= 0.6 is 0 Å². The number of hydrogen-bond donors (Lipinski definition) is 2. The Bertz CT molecular complexity index is 364. The van der Waals surface area contributed by atoms with Crippen LogP contribution in [-0.4, -0.2) is 28.8 Å². The normalized spacial score (nSPS) is 30.4. The van der Waals surface area contributed by atoms with Gasteiger partial charge in [0.15, 0.2) is 0 Å². The standard InChI is InChI=1S/C14H23NO4/c1-14(2,3)19-13(18)15-11(12(16)17)7-10-8-5-4-6-9(8)10/h8-11H,4-7H2,1-3H3,(H,15,18)(H,16,17)/t8?,9?,10?,11-/m0/s1. The molecule has 5 heteroatoms. The average molecular weight is 269 g/mol. The van der Waals surface area contributed by atoms with E-state index in [2.05, 4.69) is 5.32 Å². The maximum Gasteiger partial charge on any atom is 0.408 e. The Kier molecular flexibility index (Phi) is 3.74. The molecular formula is C14H23NO4. The summed E-state index contributed by atoms with van der Waals surface area (Å²) < 4.78 is 5.10. The van der Waals surface area contributed by atoms with Gasteiger partial charge in [-0.15, -0.1) is 0 Å². The van der Waals surface area contributed by atoms with Gasteiger partial charge in [0.25, 0.3) is 0 Å². The number of fused-ring (bicyclic) bond motifs is 1. The van der Waals surface area contributed by atoms with E-state index in [0.717, 1.165) is 0 Å².